The van der Waals surface area contributed by atoms with Crippen molar-refractivity contribution in [2.24, 2.45) is 0 Å². The monoisotopic (exact) mass is 337 g/mol. The van der Waals surface area contributed by atoms with E-state index >= 15 is 0 Å². The second-order valence-electron chi connectivity index (χ2n) is 3.06. The summed E-state index contributed by atoms with van der Waals surface area (Å²) in [4.78, 5) is 41.2. The number of carboxylic acid groups (broad SMARTS) is 4. The van der Waals surface area contributed by atoms with Crippen molar-refractivity contribution in [2.45, 2.75) is 24.9 Å². The molecule has 0 aliphatic rings. The largest absolute Gasteiger partial charge is 1.00 e. The Hall–Kier alpha value is 1.84. The van der Waals surface area contributed by atoms with Gasteiger partial charge in [0.15, 0.2) is 0 Å². The van der Waals surface area contributed by atoms with Crippen molar-refractivity contribution >= 4 is 23.9 Å². The molecule has 0 saturated heterocycles. The fourth-order valence-corrected chi connectivity index (χ4v) is 0.997. The summed E-state index contributed by atoms with van der Waals surface area (Å²) in [6, 6.07) is -3.80. The van der Waals surface area contributed by atoms with Crippen LogP contribution in [0.2, 0.25) is 0 Å². The molecule has 0 bridgehead atoms. The third-order valence-electron chi connectivity index (χ3n) is 1.71. The number of rotatable bonds is 8. The van der Waals surface area contributed by atoms with Gasteiger partial charge in [0.1, 0.15) is 0 Å². The van der Waals surface area contributed by atoms with Crippen LogP contribution in [0.3, 0.4) is 0 Å². The third-order valence-corrected chi connectivity index (χ3v) is 1.71. The second kappa shape index (κ2) is 18.2. The summed E-state index contributed by atoms with van der Waals surface area (Å²) >= 11 is 0. The Morgan fingerprint density at radius 1 is 0.667 bits per heavy atom. The summed E-state index contributed by atoms with van der Waals surface area (Å²) in [5.74, 6) is -7.34. The van der Waals surface area contributed by atoms with Crippen LogP contribution in [0.5, 0.6) is 0 Å². The van der Waals surface area contributed by atoms with Gasteiger partial charge in [0.05, 0.1) is 24.0 Å². The molecule has 0 aromatic heterocycles. The Kier molecular flexibility index (Phi) is 29.6. The van der Waals surface area contributed by atoms with Crippen molar-refractivity contribution in [3.05, 3.63) is 0 Å². The van der Waals surface area contributed by atoms with Crippen LogP contribution in [-0.2, 0) is 19.2 Å². The molecule has 0 spiro atoms. The maximum absolute atomic E-state index is 10.4. The van der Waals surface area contributed by atoms with Crippen LogP contribution in [0.4, 0.5) is 0 Å². The van der Waals surface area contributed by atoms with E-state index in [0.717, 1.165) is 0 Å². The fraction of sp³-hybridized carbons (Fsp3) is 0.500. The van der Waals surface area contributed by atoms with E-state index in [1.807, 2.05) is 0 Å². The molecular formula is C8H7NNa4O8. The number of carbonyl (C=O) groups excluding carboxylic acids is 4. The Labute approximate surface area is 208 Å². The van der Waals surface area contributed by atoms with Crippen molar-refractivity contribution in [2.75, 3.05) is 0 Å². The molecule has 0 heterocycles. The minimum Gasteiger partial charge on any atom is -0.550 e. The van der Waals surface area contributed by atoms with E-state index in [1.165, 1.54) is 0 Å². The molecule has 0 amide bonds. The Balaban J connectivity index is -0.000000213. The number of aliphatic carboxylic acids is 4. The van der Waals surface area contributed by atoms with Gasteiger partial charge in [-0.1, -0.05) is 0 Å². The van der Waals surface area contributed by atoms with Gasteiger partial charge in [0.2, 0.25) is 0 Å². The zero-order valence-electron chi connectivity index (χ0n) is 12.3. The normalized spacial score (nSPS) is 11.0. The van der Waals surface area contributed by atoms with E-state index in [4.69, 9.17) is 0 Å². The molecule has 0 aromatic rings. The molecule has 0 unspecified atom stereocenters. The van der Waals surface area contributed by atoms with E-state index in [1.54, 1.807) is 5.32 Å². The summed E-state index contributed by atoms with van der Waals surface area (Å²) in [6.45, 7) is 0. The van der Waals surface area contributed by atoms with E-state index in [9.17, 15) is 39.6 Å². The Morgan fingerprint density at radius 2 is 0.905 bits per heavy atom. The van der Waals surface area contributed by atoms with Gasteiger partial charge in [-0.15, -0.1) is 0 Å². The molecule has 0 aromatic carbocycles. The van der Waals surface area contributed by atoms with Crippen LogP contribution in [0.25, 0.3) is 0 Å². The molecule has 21 heavy (non-hydrogen) atoms. The first kappa shape index (κ1) is 34.2. The second-order valence-corrected chi connectivity index (χ2v) is 3.06. The molecule has 0 aliphatic heterocycles. The van der Waals surface area contributed by atoms with Gasteiger partial charge in [0, 0.05) is 24.8 Å². The van der Waals surface area contributed by atoms with Crippen LogP contribution in [0, 0.1) is 0 Å². The first-order chi connectivity index (χ1) is 7.73. The van der Waals surface area contributed by atoms with E-state index in [2.05, 4.69) is 0 Å². The number of hydrogen-bond acceptors (Lipinski definition) is 9. The number of nitrogens with one attached hydrogen (secondary N) is 1. The van der Waals surface area contributed by atoms with E-state index in [-0.39, 0.29) is 118 Å². The van der Waals surface area contributed by atoms with Crippen LogP contribution in [0.15, 0.2) is 0 Å². The SMILES string of the molecule is O=C([O-])C[C@H](N[C@@H](CC(=O)[O-])C(=O)[O-])C(=O)[O-].[Na+].[Na+].[Na+].[Na+]. The topological polar surface area (TPSA) is 173 Å². The summed E-state index contributed by atoms with van der Waals surface area (Å²) in [5, 5.41) is 42.9. The predicted molar refractivity (Wildman–Crippen MR) is 40.0 cm³/mol. The first-order valence-electron chi connectivity index (χ1n) is 4.31. The molecule has 0 fully saturated rings. The van der Waals surface area contributed by atoms with Gasteiger partial charge >= 0.3 is 118 Å². The van der Waals surface area contributed by atoms with Gasteiger partial charge in [-0.25, -0.2) is 0 Å². The first-order valence-corrected chi connectivity index (χ1v) is 4.31. The molecule has 0 radical (unpaired) electrons. The van der Waals surface area contributed by atoms with E-state index in [0.29, 0.717) is 0 Å². The average Bonchev–Trinajstić information content (AvgIpc) is 2.13. The standard InChI is InChI=1S/C8H11NO8.4Na/c10-5(11)1-3(7(14)15)9-4(8(16)17)2-6(12)13;;;;/h3-4,9H,1-2H2,(H,10,11)(H,12,13)(H,14,15)(H,16,17);;;;/q;4*+1/p-4/t3-,4-;;;;/m0..../s1. The predicted octanol–water partition coefficient (Wildman–Crippen LogP) is -18.9. The zero-order chi connectivity index (χ0) is 13.6. The van der Waals surface area contributed by atoms with Gasteiger partial charge in [-0.2, -0.15) is 0 Å². The number of carboxylic acids is 4. The van der Waals surface area contributed by atoms with Crippen molar-refractivity contribution in [3.63, 3.8) is 0 Å². The summed E-state index contributed by atoms with van der Waals surface area (Å²) < 4.78 is 0. The quantitative estimate of drug-likeness (QED) is 0.422. The molecule has 96 valence electrons. The molecule has 0 saturated carbocycles. The minimum atomic E-state index is -1.90. The maximum atomic E-state index is 10.4. The third kappa shape index (κ3) is 18.0. The van der Waals surface area contributed by atoms with Gasteiger partial charge in [0.25, 0.3) is 0 Å². The van der Waals surface area contributed by atoms with Gasteiger partial charge in [-0.05, 0) is 0 Å². The number of carbonyl (C=O) groups is 4. The summed E-state index contributed by atoms with van der Waals surface area (Å²) in [6.07, 6.45) is -2.14. The fourth-order valence-electron chi connectivity index (χ4n) is 0.997. The van der Waals surface area contributed by atoms with E-state index < -0.39 is 48.8 Å². The molecule has 9 nitrogen and oxygen atoms in total. The van der Waals surface area contributed by atoms with Crippen LogP contribution < -0.4 is 144 Å². The molecule has 13 heteroatoms. The smallest absolute Gasteiger partial charge is 0.550 e. The molecule has 0 rings (SSSR count). The molecular weight excluding hydrogens is 330 g/mol. The van der Waals surface area contributed by atoms with Gasteiger partial charge < -0.3 is 44.9 Å². The number of hydrogen-bond donors (Lipinski definition) is 1. The molecule has 2 atom stereocenters. The van der Waals surface area contributed by atoms with Crippen LogP contribution in [0.1, 0.15) is 12.8 Å². The summed E-state index contributed by atoms with van der Waals surface area (Å²) in [7, 11) is 0. The maximum Gasteiger partial charge on any atom is 1.00 e. The van der Waals surface area contributed by atoms with Crippen molar-refractivity contribution in [1.82, 2.24) is 5.32 Å². The zero-order valence-corrected chi connectivity index (χ0v) is 20.3. The van der Waals surface area contributed by atoms with Crippen molar-refractivity contribution in [1.29, 1.82) is 0 Å². The summed E-state index contributed by atoms with van der Waals surface area (Å²) in [5.41, 5.74) is 0. The van der Waals surface area contributed by atoms with Crippen LogP contribution >= 0.6 is 0 Å². The Morgan fingerprint density at radius 3 is 1.05 bits per heavy atom. The van der Waals surface area contributed by atoms with Crippen molar-refractivity contribution < 1.29 is 158 Å². The van der Waals surface area contributed by atoms with Gasteiger partial charge in [-0.3, -0.25) is 0 Å². The Bertz CT molecular complexity index is 321. The average molecular weight is 337 g/mol. The molecule has 0 aliphatic carbocycles. The minimum absolute atomic E-state index is 0. The molecule has 1 N–H and O–H groups in total. The van der Waals surface area contributed by atoms with Crippen LogP contribution in [-0.4, -0.2) is 36.0 Å². The van der Waals surface area contributed by atoms with Crippen molar-refractivity contribution in [3.8, 4) is 0 Å².